The van der Waals surface area contributed by atoms with Crippen molar-refractivity contribution < 1.29 is 14.3 Å². The minimum absolute atomic E-state index is 0.0120. The Bertz CT molecular complexity index is 1220. The van der Waals surface area contributed by atoms with Crippen LogP contribution in [0.4, 0.5) is 0 Å². The number of rotatable bonds is 5. The highest BCUT2D eigenvalue weighted by molar-refractivity contribution is 6.30. The van der Waals surface area contributed by atoms with Gasteiger partial charge in [0, 0.05) is 36.0 Å². The Labute approximate surface area is 204 Å². The SMILES string of the molecule is COC(=O)[C@H]1N[C@@H](c2ccc(Cl)cc2)[C@@]2(c3ccccc3)[C@H](C(=O)N(C)C)[C@@]12c1ccccc1. The number of halogens is 1. The molecule has 1 saturated carbocycles. The number of ether oxygens (including phenoxy) is 1. The molecular formula is C28H27ClN2O3. The quantitative estimate of drug-likeness (QED) is 0.565. The van der Waals surface area contributed by atoms with E-state index in [1.54, 1.807) is 19.0 Å². The predicted octanol–water partition coefficient (Wildman–Crippen LogP) is 4.12. The van der Waals surface area contributed by atoms with E-state index in [1.807, 2.05) is 72.8 Å². The van der Waals surface area contributed by atoms with Crippen LogP contribution in [0, 0.1) is 5.92 Å². The van der Waals surface area contributed by atoms with E-state index >= 15 is 0 Å². The van der Waals surface area contributed by atoms with Gasteiger partial charge in [0.2, 0.25) is 5.91 Å². The first kappa shape index (κ1) is 22.6. The van der Waals surface area contributed by atoms with Gasteiger partial charge in [0.05, 0.1) is 13.0 Å². The summed E-state index contributed by atoms with van der Waals surface area (Å²) in [4.78, 5) is 28.9. The summed E-state index contributed by atoms with van der Waals surface area (Å²) in [6.07, 6.45) is 0. The number of amides is 1. The van der Waals surface area contributed by atoms with E-state index in [0.717, 1.165) is 16.7 Å². The second-order valence-electron chi connectivity index (χ2n) is 9.24. The zero-order valence-electron chi connectivity index (χ0n) is 19.4. The van der Waals surface area contributed by atoms with Gasteiger partial charge in [-0.3, -0.25) is 14.9 Å². The summed E-state index contributed by atoms with van der Waals surface area (Å²) >= 11 is 6.21. The zero-order chi connectivity index (χ0) is 24.1. The average Bonchev–Trinajstić information content (AvgIpc) is 3.38. The van der Waals surface area contributed by atoms with Crippen LogP contribution in [0.5, 0.6) is 0 Å². The molecule has 1 aliphatic heterocycles. The molecule has 1 N–H and O–H groups in total. The van der Waals surface area contributed by atoms with Gasteiger partial charge in [-0.1, -0.05) is 84.4 Å². The lowest BCUT2D eigenvalue weighted by Crippen LogP contribution is -2.47. The van der Waals surface area contributed by atoms with Crippen LogP contribution in [0.2, 0.25) is 5.02 Å². The molecule has 2 aliphatic rings. The van der Waals surface area contributed by atoms with Crippen molar-refractivity contribution in [2.24, 2.45) is 5.92 Å². The molecule has 0 spiro atoms. The number of nitrogens with one attached hydrogen (secondary N) is 1. The Morgan fingerprint density at radius 3 is 1.88 bits per heavy atom. The van der Waals surface area contributed by atoms with Crippen molar-refractivity contribution in [3.8, 4) is 0 Å². The number of nitrogens with zero attached hydrogens (tertiary/aromatic N) is 1. The van der Waals surface area contributed by atoms with Gasteiger partial charge in [-0.25, -0.2) is 0 Å². The van der Waals surface area contributed by atoms with Crippen LogP contribution in [0.1, 0.15) is 22.7 Å². The fourth-order valence-corrected chi connectivity index (χ4v) is 6.49. The minimum Gasteiger partial charge on any atom is -0.468 e. The molecule has 174 valence electrons. The third-order valence-electron chi connectivity index (χ3n) is 7.59. The number of esters is 1. The number of fused-ring (bicyclic) bond motifs is 1. The van der Waals surface area contributed by atoms with Gasteiger partial charge in [0.15, 0.2) is 0 Å². The van der Waals surface area contributed by atoms with Crippen molar-refractivity contribution in [1.82, 2.24) is 10.2 Å². The van der Waals surface area contributed by atoms with Crippen LogP contribution in [-0.2, 0) is 25.2 Å². The minimum atomic E-state index is -0.825. The summed E-state index contributed by atoms with van der Waals surface area (Å²) < 4.78 is 5.30. The molecule has 5 atom stereocenters. The maximum absolute atomic E-state index is 13.9. The fourth-order valence-electron chi connectivity index (χ4n) is 6.37. The van der Waals surface area contributed by atoms with Crippen molar-refractivity contribution in [2.75, 3.05) is 21.2 Å². The van der Waals surface area contributed by atoms with E-state index < -0.39 is 22.8 Å². The zero-order valence-corrected chi connectivity index (χ0v) is 20.1. The van der Waals surface area contributed by atoms with Crippen LogP contribution >= 0.6 is 11.6 Å². The summed E-state index contributed by atoms with van der Waals surface area (Å²) in [5, 5.41) is 4.22. The van der Waals surface area contributed by atoms with Crippen molar-refractivity contribution in [3.05, 3.63) is 107 Å². The fraction of sp³-hybridized carbons (Fsp3) is 0.286. The van der Waals surface area contributed by atoms with Crippen LogP contribution < -0.4 is 5.32 Å². The Morgan fingerprint density at radius 2 is 1.38 bits per heavy atom. The molecule has 0 unspecified atom stereocenters. The molecule has 2 fully saturated rings. The maximum atomic E-state index is 13.9. The van der Waals surface area contributed by atoms with Gasteiger partial charge in [0.25, 0.3) is 0 Å². The van der Waals surface area contributed by atoms with Crippen LogP contribution in [0.3, 0.4) is 0 Å². The number of benzene rings is 3. The number of carbonyl (C=O) groups is 2. The Hall–Kier alpha value is -3.15. The summed E-state index contributed by atoms with van der Waals surface area (Å²) in [6, 6.07) is 26.6. The first-order chi connectivity index (χ1) is 16.4. The molecular weight excluding hydrogens is 448 g/mol. The number of hydrogen-bond donors (Lipinski definition) is 1. The topological polar surface area (TPSA) is 58.6 Å². The molecule has 6 heteroatoms. The van der Waals surface area contributed by atoms with E-state index in [-0.39, 0.29) is 17.9 Å². The standard InChI is InChI=1S/C28H27ClN2O3/c1-31(2)25(32)22-27(19-10-6-4-7-11-19)23(18-14-16-21(29)17-15-18)30-24(26(33)34-3)28(22,27)20-12-8-5-9-13-20/h4-17,22-24,30H,1-3H3/t22-,23-,24+,27+,28-/m0/s1. The molecule has 5 rings (SSSR count). The van der Waals surface area contributed by atoms with Gasteiger partial charge in [0.1, 0.15) is 6.04 Å². The second kappa shape index (κ2) is 8.26. The van der Waals surface area contributed by atoms with Gasteiger partial charge < -0.3 is 9.64 Å². The Balaban J connectivity index is 1.86. The molecule has 1 amide bonds. The molecule has 34 heavy (non-hydrogen) atoms. The predicted molar refractivity (Wildman–Crippen MR) is 132 cm³/mol. The van der Waals surface area contributed by atoms with Gasteiger partial charge in [-0.2, -0.15) is 0 Å². The largest absolute Gasteiger partial charge is 0.468 e. The molecule has 0 aromatic heterocycles. The Kier molecular flexibility index (Phi) is 5.50. The highest BCUT2D eigenvalue weighted by Crippen LogP contribution is 2.79. The molecule has 5 nitrogen and oxygen atoms in total. The van der Waals surface area contributed by atoms with Gasteiger partial charge in [-0.05, 0) is 28.8 Å². The van der Waals surface area contributed by atoms with Crippen molar-refractivity contribution >= 4 is 23.5 Å². The maximum Gasteiger partial charge on any atom is 0.323 e. The van der Waals surface area contributed by atoms with Crippen molar-refractivity contribution in [3.63, 3.8) is 0 Å². The van der Waals surface area contributed by atoms with Gasteiger partial charge >= 0.3 is 5.97 Å². The van der Waals surface area contributed by atoms with Crippen LogP contribution in [0.15, 0.2) is 84.9 Å². The molecule has 0 bridgehead atoms. The molecule has 1 saturated heterocycles. The lowest BCUT2D eigenvalue weighted by atomic mass is 9.76. The molecule has 3 aromatic carbocycles. The monoisotopic (exact) mass is 474 g/mol. The number of hydrogen-bond acceptors (Lipinski definition) is 4. The van der Waals surface area contributed by atoms with Crippen LogP contribution in [-0.4, -0.2) is 44.0 Å². The number of piperidine rings is 1. The number of methoxy groups -OCH3 is 1. The van der Waals surface area contributed by atoms with Crippen molar-refractivity contribution in [2.45, 2.75) is 22.9 Å². The van der Waals surface area contributed by atoms with Gasteiger partial charge in [-0.15, -0.1) is 0 Å². The van der Waals surface area contributed by atoms with Crippen LogP contribution in [0.25, 0.3) is 0 Å². The van der Waals surface area contributed by atoms with E-state index in [9.17, 15) is 9.59 Å². The lowest BCUT2D eigenvalue weighted by Gasteiger charge is -2.28. The number of carbonyl (C=O) groups excluding carboxylic acids is 2. The normalized spacial score (nSPS) is 29.2. The lowest BCUT2D eigenvalue weighted by molar-refractivity contribution is -0.144. The molecule has 1 heterocycles. The second-order valence-corrected chi connectivity index (χ2v) is 9.68. The van der Waals surface area contributed by atoms with E-state index in [0.29, 0.717) is 5.02 Å². The third-order valence-corrected chi connectivity index (χ3v) is 7.84. The summed E-state index contributed by atoms with van der Waals surface area (Å²) in [5.41, 5.74) is 1.39. The summed E-state index contributed by atoms with van der Waals surface area (Å²) in [5.74, 6) is -0.859. The van der Waals surface area contributed by atoms with E-state index in [2.05, 4.69) is 17.4 Å². The summed E-state index contributed by atoms with van der Waals surface area (Å²) in [7, 11) is 4.94. The van der Waals surface area contributed by atoms with Crippen molar-refractivity contribution in [1.29, 1.82) is 0 Å². The molecule has 0 radical (unpaired) electrons. The summed E-state index contributed by atoms with van der Waals surface area (Å²) in [6.45, 7) is 0. The van der Waals surface area contributed by atoms with E-state index in [1.165, 1.54) is 7.11 Å². The molecule has 3 aromatic rings. The van der Waals surface area contributed by atoms with E-state index in [4.69, 9.17) is 16.3 Å². The Morgan fingerprint density at radius 1 is 0.853 bits per heavy atom. The first-order valence-corrected chi connectivity index (χ1v) is 11.7. The highest BCUT2D eigenvalue weighted by Gasteiger charge is 2.90. The first-order valence-electron chi connectivity index (χ1n) is 11.3. The highest BCUT2D eigenvalue weighted by atomic mass is 35.5. The molecule has 1 aliphatic carbocycles. The average molecular weight is 475 g/mol. The smallest absolute Gasteiger partial charge is 0.323 e. The third kappa shape index (κ3) is 2.90.